The molecule has 3 heteroatoms. The van der Waals surface area contributed by atoms with E-state index in [1.54, 1.807) is 4.44 Å². The predicted molar refractivity (Wildman–Crippen MR) is 52.0 cm³/mol. The van der Waals surface area contributed by atoms with E-state index in [1.165, 1.54) is 44.2 Å². The van der Waals surface area contributed by atoms with Gasteiger partial charge in [-0.3, -0.25) is 0 Å². The monoisotopic (exact) mass is 242 g/mol. The van der Waals surface area contributed by atoms with E-state index in [4.69, 9.17) is 0 Å². The van der Waals surface area contributed by atoms with E-state index in [0.29, 0.717) is 14.7 Å². The number of nitrogens with zero attached hydrogens (tertiary/aromatic N) is 2. The number of rotatable bonds is 0. The summed E-state index contributed by atoms with van der Waals surface area (Å²) in [5.74, 6) is 1.82. The Morgan fingerprint density at radius 2 is 2.23 bits per heavy atom. The second kappa shape index (κ2) is 3.21. The first-order valence-electron chi connectivity index (χ1n) is 5.26. The van der Waals surface area contributed by atoms with Crippen molar-refractivity contribution in [2.24, 2.45) is 5.92 Å². The number of aromatic nitrogens is 2. The van der Waals surface area contributed by atoms with Crippen molar-refractivity contribution in [2.45, 2.75) is 44.4 Å². The van der Waals surface area contributed by atoms with Crippen molar-refractivity contribution in [1.29, 1.82) is 0 Å². The molecule has 1 aromatic rings. The normalized spacial score (nSPS) is 32.3. The summed E-state index contributed by atoms with van der Waals surface area (Å²) in [5.41, 5.74) is 1.42. The summed E-state index contributed by atoms with van der Waals surface area (Å²) in [6.45, 7) is 0. The van der Waals surface area contributed by atoms with Crippen LogP contribution in [0.3, 0.4) is 0 Å². The molecule has 0 unspecified atom stereocenters. The van der Waals surface area contributed by atoms with Gasteiger partial charge in [-0.15, -0.1) is 0 Å². The van der Waals surface area contributed by atoms with Crippen LogP contribution in [-0.2, 0) is 6.42 Å². The van der Waals surface area contributed by atoms with Gasteiger partial charge in [0.15, 0.2) is 0 Å². The molecule has 2 aliphatic carbocycles. The molecule has 0 radical (unpaired) electrons. The molecule has 0 saturated heterocycles. The summed E-state index contributed by atoms with van der Waals surface area (Å²) >= 11 is 0.382. The van der Waals surface area contributed by atoms with E-state index in [9.17, 15) is 0 Å². The fourth-order valence-electron chi connectivity index (χ4n) is 2.44. The molecular weight excluding hydrogens is 227 g/mol. The molecule has 1 heterocycles. The van der Waals surface area contributed by atoms with Gasteiger partial charge < -0.3 is 0 Å². The van der Waals surface area contributed by atoms with E-state index < -0.39 is 0 Å². The maximum atomic E-state index is 4.36. The first kappa shape index (κ1) is 8.19. The molecular formula is C10H14N2Se. The molecule has 70 valence electrons. The summed E-state index contributed by atoms with van der Waals surface area (Å²) < 4.78 is 5.86. The number of hydrogen-bond donors (Lipinski definition) is 0. The minimum atomic E-state index is 0.382. The molecule has 0 amide bonds. The van der Waals surface area contributed by atoms with Gasteiger partial charge in [0.05, 0.1) is 0 Å². The molecule has 3 rings (SSSR count). The van der Waals surface area contributed by atoms with Gasteiger partial charge in [0.2, 0.25) is 0 Å². The van der Waals surface area contributed by atoms with Crippen molar-refractivity contribution in [1.82, 2.24) is 9.19 Å². The van der Waals surface area contributed by atoms with Gasteiger partial charge in [-0.1, -0.05) is 0 Å². The SMILES string of the molecule is C1CCc2[se]nnc2[C@H]2C[C@H]2CC1. The topological polar surface area (TPSA) is 25.8 Å². The Hall–Kier alpha value is -0.141. The predicted octanol–water partition coefficient (Wildman–Crippen LogP) is 1.75. The van der Waals surface area contributed by atoms with Crippen LogP contribution in [0.15, 0.2) is 0 Å². The van der Waals surface area contributed by atoms with Crippen LogP contribution in [0, 0.1) is 5.92 Å². The molecule has 2 atom stereocenters. The first-order valence-corrected chi connectivity index (χ1v) is 6.88. The molecule has 2 aliphatic rings. The summed E-state index contributed by atoms with van der Waals surface area (Å²) in [7, 11) is 0. The minimum absolute atomic E-state index is 0.382. The van der Waals surface area contributed by atoms with Crippen LogP contribution in [0.5, 0.6) is 0 Å². The zero-order valence-electron chi connectivity index (χ0n) is 7.70. The second-order valence-corrected chi connectivity index (χ2v) is 6.04. The standard InChI is InChI=1S/C10H14N2Se/c1-2-4-7-6-8(7)10-9(5-3-1)13-12-11-10/h7-8H,1-6H2/t7-,8+/m1/s1. The molecule has 13 heavy (non-hydrogen) atoms. The average Bonchev–Trinajstić information content (AvgIpc) is 2.74. The first-order chi connectivity index (χ1) is 6.45. The number of hydrogen-bond acceptors (Lipinski definition) is 2. The van der Waals surface area contributed by atoms with Gasteiger partial charge in [-0.25, -0.2) is 0 Å². The molecule has 0 spiro atoms. The Balaban J connectivity index is 1.90. The molecule has 0 aromatic carbocycles. The maximum absolute atomic E-state index is 4.36. The van der Waals surface area contributed by atoms with Gasteiger partial charge >= 0.3 is 84.4 Å². The quantitative estimate of drug-likeness (QED) is 0.647. The summed E-state index contributed by atoms with van der Waals surface area (Å²) in [6, 6.07) is 0. The van der Waals surface area contributed by atoms with Crippen molar-refractivity contribution in [3.8, 4) is 0 Å². The zero-order valence-corrected chi connectivity index (χ0v) is 9.41. The fraction of sp³-hybridized carbons (Fsp3) is 0.800. The van der Waals surface area contributed by atoms with Crippen LogP contribution >= 0.6 is 0 Å². The molecule has 1 saturated carbocycles. The Morgan fingerprint density at radius 1 is 1.23 bits per heavy atom. The molecule has 0 bridgehead atoms. The van der Waals surface area contributed by atoms with E-state index in [-0.39, 0.29) is 0 Å². The van der Waals surface area contributed by atoms with Crippen LogP contribution in [0.4, 0.5) is 0 Å². The third-order valence-corrected chi connectivity index (χ3v) is 5.01. The van der Waals surface area contributed by atoms with Crippen LogP contribution < -0.4 is 0 Å². The van der Waals surface area contributed by atoms with Crippen LogP contribution in [0.25, 0.3) is 0 Å². The fourth-order valence-corrected chi connectivity index (χ4v) is 4.01. The van der Waals surface area contributed by atoms with Crippen molar-refractivity contribution < 1.29 is 0 Å². The van der Waals surface area contributed by atoms with Crippen molar-refractivity contribution in [2.75, 3.05) is 0 Å². The summed E-state index contributed by atoms with van der Waals surface area (Å²) in [5, 5.41) is 4.36. The van der Waals surface area contributed by atoms with Crippen LogP contribution in [-0.4, -0.2) is 23.9 Å². The van der Waals surface area contributed by atoms with Crippen molar-refractivity contribution in [3.05, 3.63) is 10.1 Å². The van der Waals surface area contributed by atoms with E-state index in [1.807, 2.05) is 0 Å². The van der Waals surface area contributed by atoms with Gasteiger partial charge in [0.1, 0.15) is 0 Å². The number of aryl methyl sites for hydroxylation is 1. The van der Waals surface area contributed by atoms with Gasteiger partial charge in [-0.05, 0) is 0 Å². The van der Waals surface area contributed by atoms with E-state index in [0.717, 1.165) is 11.8 Å². The summed E-state index contributed by atoms with van der Waals surface area (Å²) in [4.78, 5) is 0. The van der Waals surface area contributed by atoms with Crippen LogP contribution in [0.2, 0.25) is 0 Å². The van der Waals surface area contributed by atoms with Gasteiger partial charge in [0.25, 0.3) is 0 Å². The van der Waals surface area contributed by atoms with Gasteiger partial charge in [0, 0.05) is 0 Å². The van der Waals surface area contributed by atoms with Crippen LogP contribution in [0.1, 0.15) is 48.2 Å². The zero-order chi connectivity index (χ0) is 8.67. The Morgan fingerprint density at radius 3 is 3.23 bits per heavy atom. The number of fused-ring (bicyclic) bond motifs is 3. The van der Waals surface area contributed by atoms with E-state index in [2.05, 4.69) is 9.19 Å². The summed E-state index contributed by atoms with van der Waals surface area (Å²) in [6.07, 6.45) is 8.41. The Labute approximate surface area is 84.7 Å². The van der Waals surface area contributed by atoms with Gasteiger partial charge in [-0.2, -0.15) is 0 Å². The molecule has 0 aliphatic heterocycles. The molecule has 1 fully saturated rings. The molecule has 1 aromatic heterocycles. The molecule has 0 N–H and O–H groups in total. The third-order valence-electron chi connectivity index (χ3n) is 3.34. The third kappa shape index (κ3) is 1.49. The molecule has 2 nitrogen and oxygen atoms in total. The Bertz CT molecular complexity index is 308. The van der Waals surface area contributed by atoms with Crippen molar-refractivity contribution >= 4 is 14.7 Å². The van der Waals surface area contributed by atoms with E-state index >= 15 is 0 Å². The Kier molecular flexibility index (Phi) is 2.03. The van der Waals surface area contributed by atoms with Crippen molar-refractivity contribution in [3.63, 3.8) is 0 Å². The second-order valence-electron chi connectivity index (χ2n) is 4.28. The average molecular weight is 241 g/mol.